The summed E-state index contributed by atoms with van der Waals surface area (Å²) < 4.78 is 0. The molecule has 0 bridgehead atoms. The fourth-order valence-electron chi connectivity index (χ4n) is 3.10. The Bertz CT molecular complexity index is 893. The Morgan fingerprint density at radius 2 is 1.21 bits per heavy atom. The molecule has 24 heavy (non-hydrogen) atoms. The van der Waals surface area contributed by atoms with Crippen molar-refractivity contribution >= 4 is 0 Å². The third-order valence-corrected chi connectivity index (χ3v) is 4.29. The summed E-state index contributed by atoms with van der Waals surface area (Å²) >= 11 is 0. The van der Waals surface area contributed by atoms with Crippen LogP contribution in [-0.2, 0) is 0 Å². The van der Waals surface area contributed by atoms with Crippen LogP contribution in [0.5, 0.6) is 0 Å². The van der Waals surface area contributed by atoms with Gasteiger partial charge in [0.15, 0.2) is 0 Å². The first-order valence-corrected chi connectivity index (χ1v) is 8.22. The Labute approximate surface area is 142 Å². The van der Waals surface area contributed by atoms with Gasteiger partial charge in [0.2, 0.25) is 0 Å². The molecule has 0 aliphatic heterocycles. The lowest BCUT2D eigenvalue weighted by Gasteiger charge is -2.04. The number of aryl methyl sites for hydroxylation is 1. The van der Waals surface area contributed by atoms with Crippen LogP contribution in [0.25, 0.3) is 33.6 Å². The van der Waals surface area contributed by atoms with Crippen LogP contribution < -0.4 is 0 Å². The topological polar surface area (TPSA) is 15.8 Å². The van der Waals surface area contributed by atoms with Crippen LogP contribution in [0.15, 0.2) is 91.0 Å². The van der Waals surface area contributed by atoms with E-state index >= 15 is 0 Å². The first-order valence-electron chi connectivity index (χ1n) is 8.22. The summed E-state index contributed by atoms with van der Waals surface area (Å²) in [6.07, 6.45) is 0. The number of aromatic nitrogens is 1. The smallest absolute Gasteiger partial charge is 0.0538 e. The largest absolute Gasteiger partial charge is 0.354 e. The van der Waals surface area contributed by atoms with Crippen LogP contribution >= 0.6 is 0 Å². The van der Waals surface area contributed by atoms with Gasteiger partial charge in [-0.2, -0.15) is 0 Å². The molecule has 0 radical (unpaired) electrons. The van der Waals surface area contributed by atoms with Crippen molar-refractivity contribution in [3.05, 3.63) is 96.6 Å². The van der Waals surface area contributed by atoms with Gasteiger partial charge in [0.1, 0.15) is 0 Å². The molecule has 0 aliphatic rings. The molecule has 116 valence electrons. The fourth-order valence-corrected chi connectivity index (χ4v) is 3.10. The van der Waals surface area contributed by atoms with E-state index in [1.165, 1.54) is 33.5 Å². The molecule has 0 amide bonds. The van der Waals surface area contributed by atoms with E-state index in [2.05, 4.69) is 103 Å². The number of aromatic amines is 1. The Kier molecular flexibility index (Phi) is 3.76. The normalized spacial score (nSPS) is 10.7. The van der Waals surface area contributed by atoms with Gasteiger partial charge >= 0.3 is 0 Å². The van der Waals surface area contributed by atoms with E-state index < -0.39 is 0 Å². The third-order valence-electron chi connectivity index (χ3n) is 4.29. The molecule has 0 aliphatic carbocycles. The van der Waals surface area contributed by atoms with Crippen molar-refractivity contribution in [1.29, 1.82) is 0 Å². The lowest BCUT2D eigenvalue weighted by Crippen LogP contribution is -1.82. The van der Waals surface area contributed by atoms with Crippen molar-refractivity contribution in [2.45, 2.75) is 6.92 Å². The van der Waals surface area contributed by atoms with E-state index in [0.29, 0.717) is 0 Å². The minimum Gasteiger partial charge on any atom is -0.354 e. The molecule has 4 rings (SSSR count). The molecular weight excluding hydrogens is 290 g/mol. The highest BCUT2D eigenvalue weighted by molar-refractivity contribution is 5.85. The average molecular weight is 309 g/mol. The van der Waals surface area contributed by atoms with Crippen LogP contribution in [0.4, 0.5) is 0 Å². The summed E-state index contributed by atoms with van der Waals surface area (Å²) in [4.78, 5) is 3.64. The third kappa shape index (κ3) is 2.77. The van der Waals surface area contributed by atoms with Gasteiger partial charge in [-0.25, -0.2) is 0 Å². The van der Waals surface area contributed by atoms with E-state index in [-0.39, 0.29) is 0 Å². The molecular formula is C23H19N. The highest BCUT2D eigenvalue weighted by Gasteiger charge is 2.13. The molecule has 0 fully saturated rings. The molecule has 1 N–H and O–H groups in total. The molecule has 0 atom stereocenters. The van der Waals surface area contributed by atoms with Gasteiger partial charge in [-0.05, 0) is 35.7 Å². The van der Waals surface area contributed by atoms with E-state index in [9.17, 15) is 0 Å². The summed E-state index contributed by atoms with van der Waals surface area (Å²) in [6.45, 7) is 2.13. The van der Waals surface area contributed by atoms with Gasteiger partial charge in [-0.3, -0.25) is 0 Å². The van der Waals surface area contributed by atoms with E-state index in [1.807, 2.05) is 0 Å². The summed E-state index contributed by atoms with van der Waals surface area (Å²) in [5, 5.41) is 0. The van der Waals surface area contributed by atoms with Gasteiger partial charge < -0.3 is 4.98 Å². The summed E-state index contributed by atoms with van der Waals surface area (Å²) in [5.41, 5.74) is 8.47. The number of hydrogen-bond acceptors (Lipinski definition) is 0. The van der Waals surface area contributed by atoms with Gasteiger partial charge in [0.05, 0.1) is 5.69 Å². The van der Waals surface area contributed by atoms with Crippen LogP contribution in [0.1, 0.15) is 5.56 Å². The predicted molar refractivity (Wildman–Crippen MR) is 102 cm³/mol. The summed E-state index contributed by atoms with van der Waals surface area (Å²) in [7, 11) is 0. The van der Waals surface area contributed by atoms with Crippen LogP contribution in [-0.4, -0.2) is 4.98 Å². The summed E-state index contributed by atoms with van der Waals surface area (Å²) in [5.74, 6) is 0. The second kappa shape index (κ2) is 6.21. The van der Waals surface area contributed by atoms with Gasteiger partial charge in [-0.1, -0.05) is 84.4 Å². The Hall–Kier alpha value is -3.06. The lowest BCUT2D eigenvalue weighted by molar-refractivity contribution is 1.38. The highest BCUT2D eigenvalue weighted by Crippen LogP contribution is 2.35. The van der Waals surface area contributed by atoms with Crippen molar-refractivity contribution in [3.63, 3.8) is 0 Å². The summed E-state index contributed by atoms with van der Waals surface area (Å²) in [6, 6.07) is 31.9. The molecule has 0 spiro atoms. The highest BCUT2D eigenvalue weighted by atomic mass is 14.7. The SMILES string of the molecule is Cc1cccc(-c2cc(-c3ccccc3)c(-c3ccccc3)[nH]2)c1. The zero-order valence-corrected chi connectivity index (χ0v) is 13.7. The maximum absolute atomic E-state index is 3.64. The molecule has 0 saturated carbocycles. The van der Waals surface area contributed by atoms with Crippen molar-refractivity contribution < 1.29 is 0 Å². The van der Waals surface area contributed by atoms with Crippen molar-refractivity contribution in [2.24, 2.45) is 0 Å². The number of nitrogens with one attached hydrogen (secondary N) is 1. The zero-order valence-electron chi connectivity index (χ0n) is 13.7. The maximum atomic E-state index is 3.64. The molecule has 1 heteroatoms. The van der Waals surface area contributed by atoms with Crippen LogP contribution in [0.2, 0.25) is 0 Å². The molecule has 0 unspecified atom stereocenters. The molecule has 0 saturated heterocycles. The van der Waals surface area contributed by atoms with Crippen molar-refractivity contribution in [1.82, 2.24) is 4.98 Å². The standard InChI is InChI=1S/C23H19N/c1-17-9-8-14-20(15-17)22-16-21(18-10-4-2-5-11-18)23(24-22)19-12-6-3-7-13-19/h2-16,24H,1H3. The van der Waals surface area contributed by atoms with Crippen molar-refractivity contribution in [2.75, 3.05) is 0 Å². The van der Waals surface area contributed by atoms with E-state index in [1.54, 1.807) is 0 Å². The van der Waals surface area contributed by atoms with Crippen LogP contribution in [0, 0.1) is 6.92 Å². The molecule has 1 aromatic heterocycles. The average Bonchev–Trinajstić information content (AvgIpc) is 3.09. The Morgan fingerprint density at radius 3 is 1.88 bits per heavy atom. The van der Waals surface area contributed by atoms with Crippen molar-refractivity contribution in [3.8, 4) is 33.6 Å². The predicted octanol–water partition coefficient (Wildman–Crippen LogP) is 6.32. The fraction of sp³-hybridized carbons (Fsp3) is 0.0435. The number of hydrogen-bond donors (Lipinski definition) is 1. The Balaban J connectivity index is 1.91. The first kappa shape index (κ1) is 14.5. The van der Waals surface area contributed by atoms with Gasteiger partial charge in [-0.15, -0.1) is 0 Å². The van der Waals surface area contributed by atoms with Gasteiger partial charge in [0.25, 0.3) is 0 Å². The minimum atomic E-state index is 1.15. The molecule has 1 nitrogen and oxygen atoms in total. The first-order chi connectivity index (χ1) is 11.8. The monoisotopic (exact) mass is 309 g/mol. The minimum absolute atomic E-state index is 1.15. The maximum Gasteiger partial charge on any atom is 0.0538 e. The molecule has 3 aromatic carbocycles. The van der Waals surface area contributed by atoms with Crippen LogP contribution in [0.3, 0.4) is 0 Å². The van der Waals surface area contributed by atoms with E-state index in [4.69, 9.17) is 0 Å². The second-order valence-electron chi connectivity index (χ2n) is 6.07. The zero-order chi connectivity index (χ0) is 16.4. The van der Waals surface area contributed by atoms with Gasteiger partial charge in [0, 0.05) is 11.3 Å². The lowest BCUT2D eigenvalue weighted by atomic mass is 10.0. The quantitative estimate of drug-likeness (QED) is 0.455. The Morgan fingerprint density at radius 1 is 0.583 bits per heavy atom. The number of benzene rings is 3. The second-order valence-corrected chi connectivity index (χ2v) is 6.07. The number of rotatable bonds is 3. The molecule has 1 heterocycles. The van der Waals surface area contributed by atoms with E-state index in [0.717, 1.165) is 5.69 Å². The number of H-pyrrole nitrogens is 1. The molecule has 4 aromatic rings.